The minimum Gasteiger partial charge on any atom is -0.366 e. The number of nitrogens with two attached hydrogens (primary N) is 1. The molecule has 2 aliphatic heterocycles. The second-order valence-electron chi connectivity index (χ2n) is 6.95. The predicted molar refractivity (Wildman–Crippen MR) is 93.9 cm³/mol. The summed E-state index contributed by atoms with van der Waals surface area (Å²) in [4.78, 5) is 27.8. The topological polar surface area (TPSA) is 78.7 Å². The molecule has 2 saturated heterocycles. The molecule has 0 bridgehead atoms. The molecule has 0 spiro atoms. The van der Waals surface area contributed by atoms with E-state index >= 15 is 0 Å². The van der Waals surface area contributed by atoms with Crippen LogP contribution in [0, 0.1) is 11.7 Å². The van der Waals surface area contributed by atoms with Crippen molar-refractivity contribution in [1.82, 2.24) is 9.80 Å². The summed E-state index contributed by atoms with van der Waals surface area (Å²) in [6, 6.07) is 3.38. The number of anilines is 1. The Morgan fingerprint density at radius 3 is 2.68 bits per heavy atom. The van der Waals surface area contributed by atoms with Gasteiger partial charge in [-0.25, -0.2) is 9.18 Å². The van der Waals surface area contributed by atoms with Crippen LogP contribution in [0.4, 0.5) is 14.9 Å². The lowest BCUT2D eigenvalue weighted by atomic mass is 10.1. The van der Waals surface area contributed by atoms with E-state index < -0.39 is 11.7 Å². The third-order valence-corrected chi connectivity index (χ3v) is 5.03. The van der Waals surface area contributed by atoms with Crippen LogP contribution in [0.2, 0.25) is 0 Å². The van der Waals surface area contributed by atoms with Crippen LogP contribution in [-0.4, -0.2) is 54.5 Å². The zero-order valence-corrected chi connectivity index (χ0v) is 14.3. The maximum Gasteiger partial charge on any atom is 0.321 e. The number of benzene rings is 1. The summed E-state index contributed by atoms with van der Waals surface area (Å²) >= 11 is 0. The Bertz CT molecular complexity index is 646. The van der Waals surface area contributed by atoms with Crippen molar-refractivity contribution in [3.63, 3.8) is 0 Å². The molecule has 1 unspecified atom stereocenters. The number of carbonyl (C=O) groups is 2. The summed E-state index contributed by atoms with van der Waals surface area (Å²) in [5.41, 5.74) is 5.36. The molecule has 2 fully saturated rings. The van der Waals surface area contributed by atoms with Gasteiger partial charge in [0.05, 0.1) is 5.69 Å². The van der Waals surface area contributed by atoms with Crippen molar-refractivity contribution >= 4 is 17.6 Å². The molecule has 7 heteroatoms. The highest BCUT2D eigenvalue weighted by molar-refractivity contribution is 5.96. The number of nitrogens with one attached hydrogen (secondary N) is 1. The van der Waals surface area contributed by atoms with E-state index in [1.54, 1.807) is 4.90 Å². The molecule has 6 nitrogen and oxygen atoms in total. The number of hydrogen-bond acceptors (Lipinski definition) is 3. The van der Waals surface area contributed by atoms with Gasteiger partial charge in [-0.1, -0.05) is 6.42 Å². The number of hydrogen-bond donors (Lipinski definition) is 2. The van der Waals surface area contributed by atoms with Crippen LogP contribution >= 0.6 is 0 Å². The van der Waals surface area contributed by atoms with E-state index in [2.05, 4.69) is 10.2 Å². The molecule has 3 N–H and O–H groups in total. The van der Waals surface area contributed by atoms with Crippen molar-refractivity contribution in [1.29, 1.82) is 0 Å². The van der Waals surface area contributed by atoms with Crippen molar-refractivity contribution in [2.24, 2.45) is 11.7 Å². The fraction of sp³-hybridized carbons (Fsp3) is 0.556. The SMILES string of the molecule is NC(=O)c1ccc(F)c(NC(=O)N2CCC(CN3CCCCC3)C2)c1. The lowest BCUT2D eigenvalue weighted by Crippen LogP contribution is -2.37. The molecule has 3 amide bonds. The Labute approximate surface area is 147 Å². The van der Waals surface area contributed by atoms with Gasteiger partial charge in [-0.2, -0.15) is 0 Å². The molecule has 1 aromatic carbocycles. The zero-order chi connectivity index (χ0) is 17.8. The Morgan fingerprint density at radius 2 is 1.96 bits per heavy atom. The number of urea groups is 1. The normalized spacial score (nSPS) is 21.3. The van der Waals surface area contributed by atoms with Crippen molar-refractivity contribution in [3.8, 4) is 0 Å². The van der Waals surface area contributed by atoms with E-state index in [9.17, 15) is 14.0 Å². The quantitative estimate of drug-likeness (QED) is 0.876. The van der Waals surface area contributed by atoms with Crippen molar-refractivity contribution in [2.75, 3.05) is 38.0 Å². The van der Waals surface area contributed by atoms with Gasteiger partial charge in [0.15, 0.2) is 0 Å². The Morgan fingerprint density at radius 1 is 1.20 bits per heavy atom. The summed E-state index contributed by atoms with van der Waals surface area (Å²) < 4.78 is 13.9. The van der Waals surface area contributed by atoms with Crippen LogP contribution in [0.15, 0.2) is 18.2 Å². The van der Waals surface area contributed by atoms with Crippen molar-refractivity contribution in [3.05, 3.63) is 29.6 Å². The fourth-order valence-electron chi connectivity index (χ4n) is 3.64. The van der Waals surface area contributed by atoms with Gasteiger partial charge < -0.3 is 20.9 Å². The molecule has 1 atom stereocenters. The molecule has 25 heavy (non-hydrogen) atoms. The lowest BCUT2D eigenvalue weighted by Gasteiger charge is -2.29. The third-order valence-electron chi connectivity index (χ3n) is 5.03. The van der Waals surface area contributed by atoms with Crippen molar-refractivity contribution < 1.29 is 14.0 Å². The molecule has 3 rings (SSSR count). The first-order chi connectivity index (χ1) is 12.0. The highest BCUT2D eigenvalue weighted by atomic mass is 19.1. The number of likely N-dealkylation sites (tertiary alicyclic amines) is 2. The third kappa shape index (κ3) is 4.48. The largest absolute Gasteiger partial charge is 0.366 e. The van der Waals surface area contributed by atoms with E-state index in [1.165, 1.54) is 31.4 Å². The first kappa shape index (κ1) is 17.7. The second kappa shape index (κ2) is 7.82. The van der Waals surface area contributed by atoms with Crippen LogP contribution in [0.1, 0.15) is 36.0 Å². The Kier molecular flexibility index (Phi) is 5.53. The molecule has 136 valence electrons. The van der Waals surface area contributed by atoms with Crippen molar-refractivity contribution in [2.45, 2.75) is 25.7 Å². The van der Waals surface area contributed by atoms with Gasteiger partial charge in [-0.05, 0) is 56.5 Å². The molecule has 0 aliphatic carbocycles. The molecule has 2 aliphatic rings. The van der Waals surface area contributed by atoms with E-state index in [0.29, 0.717) is 19.0 Å². The smallest absolute Gasteiger partial charge is 0.321 e. The minimum absolute atomic E-state index is 0.0132. The van der Waals surface area contributed by atoms with E-state index in [0.717, 1.165) is 32.1 Å². The minimum atomic E-state index is -0.654. The van der Waals surface area contributed by atoms with E-state index in [1.807, 2.05) is 0 Å². The summed E-state index contributed by atoms with van der Waals surface area (Å²) in [5.74, 6) is -0.772. The number of primary amides is 1. The Hall–Kier alpha value is -2.15. The number of amides is 3. The fourth-order valence-corrected chi connectivity index (χ4v) is 3.64. The van der Waals surface area contributed by atoms with E-state index in [4.69, 9.17) is 5.73 Å². The molecule has 0 radical (unpaired) electrons. The average Bonchev–Trinajstić information content (AvgIpc) is 3.06. The standard InChI is InChI=1S/C18H25FN4O2/c19-15-5-4-14(17(20)24)10-16(15)21-18(25)23-9-6-13(12-23)11-22-7-2-1-3-8-22/h4-5,10,13H,1-3,6-9,11-12H2,(H2,20,24)(H,21,25). The van der Waals surface area contributed by atoms with Gasteiger partial charge in [-0.15, -0.1) is 0 Å². The average molecular weight is 348 g/mol. The molecular weight excluding hydrogens is 323 g/mol. The zero-order valence-electron chi connectivity index (χ0n) is 14.3. The molecule has 1 aromatic rings. The molecule has 0 saturated carbocycles. The first-order valence-corrected chi connectivity index (χ1v) is 8.90. The van der Waals surface area contributed by atoms with Crippen LogP contribution in [0.25, 0.3) is 0 Å². The maximum absolute atomic E-state index is 13.9. The van der Waals surface area contributed by atoms with Gasteiger partial charge in [0.2, 0.25) is 5.91 Å². The van der Waals surface area contributed by atoms with Gasteiger partial charge in [0.1, 0.15) is 5.82 Å². The molecule has 0 aromatic heterocycles. The maximum atomic E-state index is 13.9. The monoisotopic (exact) mass is 348 g/mol. The number of piperidine rings is 1. The van der Waals surface area contributed by atoms with Gasteiger partial charge >= 0.3 is 6.03 Å². The summed E-state index contributed by atoms with van der Waals surface area (Å²) in [6.07, 6.45) is 4.79. The molecule has 2 heterocycles. The second-order valence-corrected chi connectivity index (χ2v) is 6.95. The highest BCUT2D eigenvalue weighted by Gasteiger charge is 2.28. The summed E-state index contributed by atoms with van der Waals surface area (Å²) in [6.45, 7) is 4.66. The number of halogens is 1. The van der Waals surface area contributed by atoms with Crippen LogP contribution in [0.3, 0.4) is 0 Å². The molecular formula is C18H25FN4O2. The van der Waals surface area contributed by atoms with E-state index in [-0.39, 0.29) is 17.3 Å². The summed E-state index contributed by atoms with van der Waals surface area (Å²) in [7, 11) is 0. The van der Waals surface area contributed by atoms with Crippen LogP contribution in [-0.2, 0) is 0 Å². The van der Waals surface area contributed by atoms with Gasteiger partial charge in [0.25, 0.3) is 0 Å². The highest BCUT2D eigenvalue weighted by Crippen LogP contribution is 2.22. The first-order valence-electron chi connectivity index (χ1n) is 8.90. The van der Waals surface area contributed by atoms with Crippen LogP contribution < -0.4 is 11.1 Å². The predicted octanol–water partition coefficient (Wildman–Crippen LogP) is 2.26. The number of nitrogens with zero attached hydrogens (tertiary/aromatic N) is 2. The van der Waals surface area contributed by atoms with Gasteiger partial charge in [0, 0.05) is 25.2 Å². The lowest BCUT2D eigenvalue weighted by molar-refractivity contribution is 0.1000. The number of rotatable bonds is 4. The Balaban J connectivity index is 1.55. The number of carbonyl (C=O) groups excluding carboxylic acids is 2. The summed E-state index contributed by atoms with van der Waals surface area (Å²) in [5, 5.41) is 2.56. The van der Waals surface area contributed by atoms with Gasteiger partial charge in [-0.3, -0.25) is 4.79 Å². The van der Waals surface area contributed by atoms with Crippen LogP contribution in [0.5, 0.6) is 0 Å².